The topological polar surface area (TPSA) is 104 Å². The van der Waals surface area contributed by atoms with Gasteiger partial charge in [0.05, 0.1) is 11.7 Å². The van der Waals surface area contributed by atoms with Crippen molar-refractivity contribution in [2.75, 3.05) is 0 Å². The number of carbonyl (C=O) groups excluding carboxylic acids is 2. The van der Waals surface area contributed by atoms with E-state index in [1.165, 1.54) is 18.2 Å². The molecule has 21 heavy (non-hydrogen) atoms. The van der Waals surface area contributed by atoms with E-state index >= 15 is 0 Å². The van der Waals surface area contributed by atoms with Crippen LogP contribution in [0.1, 0.15) is 41.5 Å². The van der Waals surface area contributed by atoms with E-state index < -0.39 is 40.2 Å². The van der Waals surface area contributed by atoms with Crippen LogP contribution in [0, 0.1) is 5.41 Å². The average molecular weight is 292 g/mol. The Kier molecular flexibility index (Phi) is 2.50. The molecule has 0 saturated carbocycles. The summed E-state index contributed by atoms with van der Waals surface area (Å²) in [5, 5.41) is 31.4. The molecule has 6 nitrogen and oxygen atoms in total. The third kappa shape index (κ3) is 1.28. The maximum atomic E-state index is 12.7. The zero-order chi connectivity index (χ0) is 15.8. The molecule has 0 amide bonds. The summed E-state index contributed by atoms with van der Waals surface area (Å²) in [4.78, 5) is 25.3. The second-order valence-corrected chi connectivity index (χ2v) is 6.19. The van der Waals surface area contributed by atoms with Gasteiger partial charge in [0.25, 0.3) is 5.79 Å². The number of rotatable bonds is 0. The smallest absolute Gasteiger partial charge is 0.269 e. The first-order valence-electron chi connectivity index (χ1n) is 6.63. The second kappa shape index (κ2) is 3.71. The van der Waals surface area contributed by atoms with Gasteiger partial charge in [-0.2, -0.15) is 0 Å². The Morgan fingerprint density at radius 2 is 1.76 bits per heavy atom. The first-order valence-corrected chi connectivity index (χ1v) is 6.63. The van der Waals surface area contributed by atoms with Gasteiger partial charge in [-0.1, -0.05) is 26.0 Å². The Labute approximate surface area is 121 Å². The fraction of sp³-hybridized carbons (Fsp3) is 0.467. The van der Waals surface area contributed by atoms with Crippen molar-refractivity contribution in [3.05, 3.63) is 29.3 Å². The molecule has 1 saturated heterocycles. The zero-order valence-electron chi connectivity index (χ0n) is 11.9. The molecule has 6 heteroatoms. The van der Waals surface area contributed by atoms with E-state index in [1.54, 1.807) is 20.8 Å². The number of ether oxygens (including phenoxy) is 1. The van der Waals surface area contributed by atoms with E-state index in [-0.39, 0.29) is 11.1 Å². The normalized spacial score (nSPS) is 37.3. The SMILES string of the molecule is CC1OC2(O)C(=O)c3c(O)cccc3C(=O)C2(O)C1(C)C. The van der Waals surface area contributed by atoms with E-state index in [9.17, 15) is 24.9 Å². The van der Waals surface area contributed by atoms with Crippen molar-refractivity contribution < 1.29 is 29.6 Å². The molecule has 2 aliphatic rings. The maximum absolute atomic E-state index is 12.7. The Balaban J connectivity index is 2.38. The van der Waals surface area contributed by atoms with Crippen molar-refractivity contribution in [2.45, 2.75) is 38.3 Å². The molecule has 1 aliphatic carbocycles. The van der Waals surface area contributed by atoms with Crippen LogP contribution >= 0.6 is 0 Å². The summed E-state index contributed by atoms with van der Waals surface area (Å²) in [5.41, 5.74) is -4.02. The summed E-state index contributed by atoms with van der Waals surface area (Å²) in [7, 11) is 0. The van der Waals surface area contributed by atoms with Crippen molar-refractivity contribution in [1.29, 1.82) is 0 Å². The Morgan fingerprint density at radius 3 is 2.38 bits per heavy atom. The summed E-state index contributed by atoms with van der Waals surface area (Å²) in [6.45, 7) is 4.67. The monoisotopic (exact) mass is 292 g/mol. The third-order valence-corrected chi connectivity index (χ3v) is 4.94. The van der Waals surface area contributed by atoms with Crippen LogP contribution in [-0.2, 0) is 4.74 Å². The maximum Gasteiger partial charge on any atom is 0.269 e. The third-order valence-electron chi connectivity index (χ3n) is 4.94. The van der Waals surface area contributed by atoms with Gasteiger partial charge >= 0.3 is 0 Å². The number of fused-ring (bicyclic) bond motifs is 2. The van der Waals surface area contributed by atoms with E-state index in [0.717, 1.165) is 0 Å². The highest BCUT2D eigenvalue weighted by Gasteiger charge is 2.77. The molecule has 1 heterocycles. The lowest BCUT2D eigenvalue weighted by Crippen LogP contribution is -2.68. The van der Waals surface area contributed by atoms with Crippen LogP contribution in [0.25, 0.3) is 0 Å². The molecule has 1 aliphatic heterocycles. The Hall–Kier alpha value is -1.76. The fourth-order valence-electron chi connectivity index (χ4n) is 3.22. The minimum Gasteiger partial charge on any atom is -0.507 e. The largest absolute Gasteiger partial charge is 0.507 e. The van der Waals surface area contributed by atoms with Crippen molar-refractivity contribution in [3.8, 4) is 5.75 Å². The number of aliphatic hydroxyl groups is 2. The first kappa shape index (κ1) is 14.2. The lowest BCUT2D eigenvalue weighted by atomic mass is 9.62. The van der Waals surface area contributed by atoms with Crippen LogP contribution in [0.5, 0.6) is 5.75 Å². The molecule has 3 rings (SSSR count). The molecule has 0 bridgehead atoms. The minimum absolute atomic E-state index is 0.113. The highest BCUT2D eigenvalue weighted by Crippen LogP contribution is 2.56. The number of aromatic hydroxyl groups is 1. The van der Waals surface area contributed by atoms with Crippen LogP contribution in [-0.4, -0.2) is 44.4 Å². The zero-order valence-corrected chi connectivity index (χ0v) is 11.9. The van der Waals surface area contributed by atoms with Crippen molar-refractivity contribution in [1.82, 2.24) is 0 Å². The molecular formula is C15H16O6. The molecular weight excluding hydrogens is 276 g/mol. The fourth-order valence-corrected chi connectivity index (χ4v) is 3.22. The van der Waals surface area contributed by atoms with Crippen molar-refractivity contribution in [3.63, 3.8) is 0 Å². The van der Waals surface area contributed by atoms with Gasteiger partial charge in [-0.25, -0.2) is 0 Å². The van der Waals surface area contributed by atoms with Crippen molar-refractivity contribution >= 4 is 11.6 Å². The van der Waals surface area contributed by atoms with Gasteiger partial charge in [0, 0.05) is 11.0 Å². The minimum atomic E-state index is -2.70. The first-order chi connectivity index (χ1) is 9.59. The Bertz CT molecular complexity index is 679. The summed E-state index contributed by atoms with van der Waals surface area (Å²) in [6.07, 6.45) is -0.739. The van der Waals surface area contributed by atoms with E-state index in [1.807, 2.05) is 0 Å². The molecule has 1 fully saturated rings. The molecule has 3 unspecified atom stereocenters. The quantitative estimate of drug-likeness (QED) is 0.648. The van der Waals surface area contributed by atoms with Gasteiger partial charge in [0.2, 0.25) is 11.6 Å². The lowest BCUT2D eigenvalue weighted by Gasteiger charge is -2.43. The van der Waals surface area contributed by atoms with Crippen LogP contribution in [0.15, 0.2) is 18.2 Å². The number of carbonyl (C=O) groups is 2. The number of phenolic OH excluding ortho intramolecular Hbond substituents is 1. The molecule has 3 N–H and O–H groups in total. The van der Waals surface area contributed by atoms with Crippen LogP contribution < -0.4 is 0 Å². The molecule has 0 aromatic heterocycles. The van der Waals surface area contributed by atoms with E-state index in [0.29, 0.717) is 0 Å². The molecule has 0 spiro atoms. The van der Waals surface area contributed by atoms with Gasteiger partial charge in [0.1, 0.15) is 5.75 Å². The summed E-state index contributed by atoms with van der Waals surface area (Å²) in [6, 6.07) is 3.98. The number of hydrogen-bond donors (Lipinski definition) is 3. The predicted molar refractivity (Wildman–Crippen MR) is 71.0 cm³/mol. The Morgan fingerprint density at radius 1 is 1.14 bits per heavy atom. The predicted octanol–water partition coefficient (Wildman–Crippen LogP) is 0.636. The van der Waals surface area contributed by atoms with Crippen LogP contribution in [0.3, 0.4) is 0 Å². The average Bonchev–Trinajstić information content (AvgIpc) is 2.56. The van der Waals surface area contributed by atoms with Gasteiger partial charge in [-0.3, -0.25) is 9.59 Å². The van der Waals surface area contributed by atoms with Crippen molar-refractivity contribution in [2.24, 2.45) is 5.41 Å². The molecule has 1 aromatic carbocycles. The highest BCUT2D eigenvalue weighted by atomic mass is 16.7. The van der Waals surface area contributed by atoms with Crippen LogP contribution in [0.2, 0.25) is 0 Å². The number of ketones is 2. The number of Topliss-reactive ketones (excluding diaryl/α,β-unsaturated/α-hetero) is 2. The lowest BCUT2D eigenvalue weighted by molar-refractivity contribution is -0.214. The summed E-state index contributed by atoms with van der Waals surface area (Å²) < 4.78 is 5.29. The van der Waals surface area contributed by atoms with Gasteiger partial charge in [-0.05, 0) is 13.0 Å². The number of phenols is 1. The number of hydrogen-bond acceptors (Lipinski definition) is 6. The standard InChI is InChI=1S/C15H16O6/c1-7-13(2,3)14(19)11(17)8-5-4-6-9(16)10(8)12(18)15(14,20)21-7/h4-7,16,19-20H,1-3H3. The highest BCUT2D eigenvalue weighted by molar-refractivity contribution is 6.23. The van der Waals surface area contributed by atoms with Crippen LogP contribution in [0.4, 0.5) is 0 Å². The summed E-state index contributed by atoms with van der Waals surface area (Å²) in [5.74, 6) is -4.96. The molecule has 1 aromatic rings. The van der Waals surface area contributed by atoms with Gasteiger partial charge in [-0.15, -0.1) is 0 Å². The second-order valence-electron chi connectivity index (χ2n) is 6.19. The van der Waals surface area contributed by atoms with Gasteiger partial charge in [0.15, 0.2) is 5.60 Å². The van der Waals surface area contributed by atoms with Gasteiger partial charge < -0.3 is 20.1 Å². The number of benzene rings is 1. The summed E-state index contributed by atoms with van der Waals surface area (Å²) >= 11 is 0. The van der Waals surface area contributed by atoms with E-state index in [2.05, 4.69) is 0 Å². The molecule has 112 valence electrons. The molecule has 0 radical (unpaired) electrons. The molecule has 3 atom stereocenters. The van der Waals surface area contributed by atoms with E-state index in [4.69, 9.17) is 4.74 Å².